The SMILES string of the molecule is N#Cc1ccc(NC(=O)C2Cc3ccccc3CN2S(=O)(=O)c2ccccc2)cc1. The zero-order valence-corrected chi connectivity index (χ0v) is 16.8. The third-order valence-electron chi connectivity index (χ3n) is 5.14. The monoisotopic (exact) mass is 417 g/mol. The van der Waals surface area contributed by atoms with Gasteiger partial charge in [0.05, 0.1) is 16.5 Å². The number of fused-ring (bicyclic) bond motifs is 1. The Labute approximate surface area is 175 Å². The minimum atomic E-state index is -3.87. The molecule has 1 unspecified atom stereocenters. The highest BCUT2D eigenvalue weighted by molar-refractivity contribution is 7.89. The van der Waals surface area contributed by atoms with Crippen molar-refractivity contribution in [2.24, 2.45) is 0 Å². The number of nitriles is 1. The summed E-state index contributed by atoms with van der Waals surface area (Å²) in [5.41, 5.74) is 2.83. The molecular weight excluding hydrogens is 398 g/mol. The molecule has 0 aliphatic carbocycles. The molecule has 6 nitrogen and oxygen atoms in total. The van der Waals surface area contributed by atoms with Gasteiger partial charge in [0.1, 0.15) is 6.04 Å². The van der Waals surface area contributed by atoms with Gasteiger partial charge in [0.15, 0.2) is 0 Å². The summed E-state index contributed by atoms with van der Waals surface area (Å²) in [5.74, 6) is -0.409. The molecule has 0 saturated heterocycles. The van der Waals surface area contributed by atoms with Crippen molar-refractivity contribution in [2.45, 2.75) is 23.9 Å². The highest BCUT2D eigenvalue weighted by Gasteiger charge is 2.39. The summed E-state index contributed by atoms with van der Waals surface area (Å²) in [4.78, 5) is 13.3. The number of hydrogen-bond donors (Lipinski definition) is 1. The first-order valence-corrected chi connectivity index (χ1v) is 10.9. The molecular formula is C23H19N3O3S. The molecule has 0 saturated carbocycles. The lowest BCUT2D eigenvalue weighted by Crippen LogP contribution is -2.50. The highest BCUT2D eigenvalue weighted by Crippen LogP contribution is 2.29. The van der Waals surface area contributed by atoms with Crippen LogP contribution in [0.4, 0.5) is 5.69 Å². The number of benzene rings is 3. The van der Waals surface area contributed by atoms with Crippen molar-refractivity contribution >= 4 is 21.6 Å². The van der Waals surface area contributed by atoms with Gasteiger partial charge in [-0.1, -0.05) is 42.5 Å². The lowest BCUT2D eigenvalue weighted by Gasteiger charge is -2.35. The van der Waals surface area contributed by atoms with E-state index < -0.39 is 22.0 Å². The smallest absolute Gasteiger partial charge is 0.244 e. The van der Waals surface area contributed by atoms with Crippen molar-refractivity contribution in [2.75, 3.05) is 5.32 Å². The molecule has 0 spiro atoms. The topological polar surface area (TPSA) is 90.3 Å². The second-order valence-electron chi connectivity index (χ2n) is 7.03. The van der Waals surface area contributed by atoms with E-state index in [9.17, 15) is 13.2 Å². The van der Waals surface area contributed by atoms with Gasteiger partial charge in [-0.3, -0.25) is 4.79 Å². The van der Waals surface area contributed by atoms with Crippen LogP contribution in [0.1, 0.15) is 16.7 Å². The van der Waals surface area contributed by atoms with E-state index in [4.69, 9.17) is 5.26 Å². The zero-order chi connectivity index (χ0) is 21.1. The van der Waals surface area contributed by atoms with Crippen LogP contribution in [-0.4, -0.2) is 24.7 Å². The normalized spacial score (nSPS) is 16.3. The predicted octanol–water partition coefficient (Wildman–Crippen LogP) is 3.31. The predicted molar refractivity (Wildman–Crippen MR) is 113 cm³/mol. The van der Waals surface area contributed by atoms with E-state index in [2.05, 4.69) is 5.32 Å². The van der Waals surface area contributed by atoms with Crippen LogP contribution >= 0.6 is 0 Å². The Morgan fingerprint density at radius 3 is 2.23 bits per heavy atom. The fraction of sp³-hybridized carbons (Fsp3) is 0.130. The van der Waals surface area contributed by atoms with Gasteiger partial charge in [0.25, 0.3) is 0 Å². The van der Waals surface area contributed by atoms with Crippen LogP contribution in [0.5, 0.6) is 0 Å². The maximum Gasteiger partial charge on any atom is 0.244 e. The van der Waals surface area contributed by atoms with Crippen molar-refractivity contribution in [3.63, 3.8) is 0 Å². The minimum absolute atomic E-state index is 0.124. The zero-order valence-electron chi connectivity index (χ0n) is 16.0. The number of nitrogens with zero attached hydrogens (tertiary/aromatic N) is 2. The quantitative estimate of drug-likeness (QED) is 0.705. The first-order valence-electron chi connectivity index (χ1n) is 9.44. The Morgan fingerprint density at radius 2 is 1.57 bits per heavy atom. The Balaban J connectivity index is 1.69. The Morgan fingerprint density at radius 1 is 0.933 bits per heavy atom. The lowest BCUT2D eigenvalue weighted by molar-refractivity contribution is -0.120. The van der Waals surface area contributed by atoms with Gasteiger partial charge in [-0.2, -0.15) is 9.57 Å². The number of nitrogens with one attached hydrogen (secondary N) is 1. The van der Waals surface area contributed by atoms with Crippen LogP contribution in [0.25, 0.3) is 0 Å². The number of carbonyl (C=O) groups is 1. The molecule has 1 atom stereocenters. The number of sulfonamides is 1. The molecule has 30 heavy (non-hydrogen) atoms. The van der Waals surface area contributed by atoms with E-state index in [0.717, 1.165) is 11.1 Å². The van der Waals surface area contributed by atoms with Crippen LogP contribution < -0.4 is 5.32 Å². The van der Waals surface area contributed by atoms with Gasteiger partial charge in [0, 0.05) is 12.2 Å². The number of carbonyl (C=O) groups excluding carboxylic acids is 1. The molecule has 0 radical (unpaired) electrons. The molecule has 3 aromatic carbocycles. The molecule has 7 heteroatoms. The maximum absolute atomic E-state index is 13.4. The Bertz CT molecular complexity index is 1220. The van der Waals surface area contributed by atoms with Crippen molar-refractivity contribution in [1.82, 2.24) is 4.31 Å². The number of amides is 1. The summed E-state index contributed by atoms with van der Waals surface area (Å²) < 4.78 is 28.0. The number of hydrogen-bond acceptors (Lipinski definition) is 4. The first kappa shape index (κ1) is 19.8. The van der Waals surface area contributed by atoms with E-state index in [0.29, 0.717) is 11.3 Å². The van der Waals surface area contributed by atoms with Crippen LogP contribution in [0, 0.1) is 11.3 Å². The van der Waals surface area contributed by atoms with E-state index >= 15 is 0 Å². The molecule has 1 aliphatic rings. The molecule has 1 aliphatic heterocycles. The third-order valence-corrected chi connectivity index (χ3v) is 7.01. The molecule has 3 aromatic rings. The van der Waals surface area contributed by atoms with Crippen LogP contribution in [0.2, 0.25) is 0 Å². The number of rotatable bonds is 4. The highest BCUT2D eigenvalue weighted by atomic mass is 32.2. The van der Waals surface area contributed by atoms with Crippen molar-refractivity contribution in [1.29, 1.82) is 5.26 Å². The van der Waals surface area contributed by atoms with Gasteiger partial charge in [0.2, 0.25) is 15.9 Å². The summed E-state index contributed by atoms with van der Waals surface area (Å²) in [7, 11) is -3.87. The summed E-state index contributed by atoms with van der Waals surface area (Å²) in [5, 5.41) is 11.7. The molecule has 1 heterocycles. The molecule has 0 fully saturated rings. The molecule has 150 valence electrons. The average molecular weight is 417 g/mol. The van der Waals surface area contributed by atoms with Gasteiger partial charge < -0.3 is 5.32 Å². The van der Waals surface area contributed by atoms with Gasteiger partial charge in [-0.15, -0.1) is 0 Å². The van der Waals surface area contributed by atoms with Crippen molar-refractivity contribution in [3.05, 3.63) is 95.6 Å². The van der Waals surface area contributed by atoms with Crippen LogP contribution in [0.15, 0.2) is 83.8 Å². The van der Waals surface area contributed by atoms with Gasteiger partial charge in [-0.05, 0) is 53.9 Å². The largest absolute Gasteiger partial charge is 0.325 e. The first-order chi connectivity index (χ1) is 14.5. The average Bonchev–Trinajstić information content (AvgIpc) is 2.79. The maximum atomic E-state index is 13.4. The standard InChI is InChI=1S/C23H19N3O3S/c24-15-17-10-12-20(13-11-17)25-23(27)22-14-18-6-4-5-7-19(18)16-26(22)30(28,29)21-8-2-1-3-9-21/h1-13,22H,14,16H2,(H,25,27). The fourth-order valence-corrected chi connectivity index (χ4v) is 5.14. The lowest BCUT2D eigenvalue weighted by atomic mass is 9.95. The second kappa shape index (κ2) is 8.11. The summed E-state index contributed by atoms with van der Waals surface area (Å²) in [6.07, 6.45) is 0.282. The molecule has 4 rings (SSSR count). The number of anilines is 1. The van der Waals surface area contributed by atoms with Gasteiger partial charge in [-0.25, -0.2) is 8.42 Å². The summed E-state index contributed by atoms with van der Waals surface area (Å²) in [6.45, 7) is 0.124. The van der Waals surface area contributed by atoms with Gasteiger partial charge >= 0.3 is 0 Å². The third kappa shape index (κ3) is 3.83. The Kier molecular flexibility index (Phi) is 5.36. The summed E-state index contributed by atoms with van der Waals surface area (Å²) in [6, 6.07) is 23.3. The minimum Gasteiger partial charge on any atom is -0.325 e. The molecule has 0 aromatic heterocycles. The summed E-state index contributed by atoms with van der Waals surface area (Å²) >= 11 is 0. The van der Waals surface area contributed by atoms with E-state index in [-0.39, 0.29) is 17.9 Å². The molecule has 1 N–H and O–H groups in total. The second-order valence-corrected chi connectivity index (χ2v) is 8.92. The molecule has 1 amide bonds. The fourth-order valence-electron chi connectivity index (χ4n) is 3.56. The van der Waals surface area contributed by atoms with E-state index in [1.165, 1.54) is 16.4 Å². The van der Waals surface area contributed by atoms with Crippen molar-refractivity contribution < 1.29 is 13.2 Å². The van der Waals surface area contributed by atoms with E-state index in [1.54, 1.807) is 42.5 Å². The Hall–Kier alpha value is -3.47. The molecule has 0 bridgehead atoms. The van der Waals surface area contributed by atoms with Crippen molar-refractivity contribution in [3.8, 4) is 6.07 Å². The van der Waals surface area contributed by atoms with Crippen LogP contribution in [-0.2, 0) is 27.8 Å². The van der Waals surface area contributed by atoms with E-state index in [1.807, 2.05) is 30.3 Å². The van der Waals surface area contributed by atoms with Crippen LogP contribution in [0.3, 0.4) is 0 Å².